The van der Waals surface area contributed by atoms with Crippen molar-refractivity contribution in [2.45, 2.75) is 109 Å². The number of benzene rings is 6. The topological polar surface area (TPSA) is 304 Å². The number of rotatable bonds is 22. The Morgan fingerprint density at radius 3 is 1.34 bits per heavy atom. The van der Waals surface area contributed by atoms with Gasteiger partial charge in [0.2, 0.25) is 0 Å². The van der Waals surface area contributed by atoms with E-state index >= 15 is 0 Å². The van der Waals surface area contributed by atoms with E-state index in [1.54, 1.807) is 90.7 Å². The first-order valence-corrected chi connectivity index (χ1v) is 33.7. The molecule has 0 saturated carbocycles. The number of carbonyl (C=O) groups is 1. The van der Waals surface area contributed by atoms with Gasteiger partial charge in [-0.1, -0.05) is 88.9 Å². The molecule has 22 nitrogen and oxygen atoms in total. The molecule has 6 aromatic carbocycles. The second kappa shape index (κ2) is 41.8. The highest BCUT2D eigenvalue weighted by molar-refractivity contribution is 7.80. The zero-order valence-electron chi connectivity index (χ0n) is 57.1. The minimum atomic E-state index is -0.638. The Morgan fingerprint density at radius 1 is 0.646 bits per heavy atom. The molecule has 8 N–H and O–H groups in total. The van der Waals surface area contributed by atoms with Crippen LogP contribution in [0, 0.1) is 33.1 Å². The van der Waals surface area contributed by atoms with Crippen LogP contribution in [0.25, 0.3) is 49.1 Å². The monoisotopic (exact) mass is 1350 g/mol. The lowest BCUT2D eigenvalue weighted by Crippen LogP contribution is -2.22. The van der Waals surface area contributed by atoms with E-state index in [1.807, 2.05) is 61.7 Å². The molecule has 0 amide bonds. The number of terminal acetylenes is 1. The van der Waals surface area contributed by atoms with Gasteiger partial charge in [0.05, 0.1) is 29.4 Å². The Hall–Kier alpha value is -9.86. The first-order valence-electron chi connectivity index (χ1n) is 31.5. The van der Waals surface area contributed by atoms with Gasteiger partial charge in [-0.2, -0.15) is 0 Å². The van der Waals surface area contributed by atoms with Crippen LogP contribution in [-0.2, 0) is 0 Å². The highest BCUT2D eigenvalue weighted by atomic mass is 32.1. The van der Waals surface area contributed by atoms with Crippen LogP contribution in [0.15, 0.2) is 155 Å². The molecule has 0 aliphatic heterocycles. The van der Waals surface area contributed by atoms with Crippen molar-refractivity contribution in [1.82, 2.24) is 25.0 Å². The Bertz CT molecular complexity index is 3970. The molecule has 0 saturated heterocycles. The number of nitrogens with one attached hydrogen (secondary N) is 3. The van der Waals surface area contributed by atoms with Crippen molar-refractivity contribution in [3.8, 4) is 40.5 Å². The number of hydrogen-bond donors (Lipinski definition) is 7. The maximum absolute atomic E-state index is 11.2. The molecular weight excluding hydrogens is 1270 g/mol. The lowest BCUT2D eigenvalue weighted by molar-refractivity contribution is 0.0988. The van der Waals surface area contributed by atoms with E-state index in [2.05, 4.69) is 188 Å². The largest absolute Gasteiger partial charge is 0.397 e. The Labute approximate surface area is 578 Å². The number of thiazole rings is 2. The number of nitrogens with two attached hydrogens (primary N) is 1. The Balaban J connectivity index is 0.000000275. The number of ketones is 1. The van der Waals surface area contributed by atoms with Crippen molar-refractivity contribution >= 4 is 102 Å². The van der Waals surface area contributed by atoms with E-state index in [1.165, 1.54) is 28.2 Å². The zero-order valence-corrected chi connectivity index (χ0v) is 59.5. The molecule has 9 aromatic rings. The van der Waals surface area contributed by atoms with Gasteiger partial charge in [0.1, 0.15) is 11.8 Å². The molecular formula is C71H90N18O4S3. The number of aryl methyl sites for hydroxylation is 3. The van der Waals surface area contributed by atoms with E-state index in [0.29, 0.717) is 34.2 Å². The molecule has 2 atom stereocenters. The summed E-state index contributed by atoms with van der Waals surface area (Å²) in [5, 5.41) is 56.3. The molecule has 0 spiro atoms. The van der Waals surface area contributed by atoms with Crippen molar-refractivity contribution in [2.75, 3.05) is 76.5 Å². The predicted octanol–water partition coefficient (Wildman–Crippen LogP) is 17.7. The minimum absolute atomic E-state index is 0.0903. The van der Waals surface area contributed by atoms with E-state index in [-0.39, 0.29) is 12.4 Å². The number of azide groups is 2. The maximum atomic E-state index is 11.2. The van der Waals surface area contributed by atoms with Crippen LogP contribution in [0.3, 0.4) is 0 Å². The molecule has 506 valence electrons. The summed E-state index contributed by atoms with van der Waals surface area (Å²) in [5.41, 5.74) is 39.5. The highest BCUT2D eigenvalue weighted by Gasteiger charge is 2.13. The van der Waals surface area contributed by atoms with Crippen LogP contribution in [0.5, 0.6) is 0 Å². The van der Waals surface area contributed by atoms with Crippen molar-refractivity contribution in [2.24, 2.45) is 16.0 Å². The molecule has 3 aromatic heterocycles. The fraction of sp³-hybridized carbons (Fsp3) is 0.324. The Kier molecular flexibility index (Phi) is 34.2. The number of nitrogens with zero attached hydrogens (tertiary/aromatic N) is 14. The third kappa shape index (κ3) is 25.1. The van der Waals surface area contributed by atoms with Gasteiger partial charge < -0.3 is 51.7 Å². The summed E-state index contributed by atoms with van der Waals surface area (Å²) in [6, 6.07) is 41.2. The van der Waals surface area contributed by atoms with E-state index in [4.69, 9.17) is 44.2 Å². The molecule has 0 aliphatic rings. The van der Waals surface area contributed by atoms with Gasteiger partial charge in [-0.05, 0) is 190 Å². The number of Topliss-reactive ketones (excluding diaryl/α,β-unsaturated/α-hetero) is 1. The van der Waals surface area contributed by atoms with Crippen LogP contribution in [-0.4, -0.2) is 103 Å². The fourth-order valence-corrected chi connectivity index (χ4v) is 10.7. The normalized spacial score (nSPS) is 10.7. The van der Waals surface area contributed by atoms with Crippen molar-refractivity contribution in [3.05, 3.63) is 193 Å². The molecule has 2 unspecified atom stereocenters. The number of thiocarbonyl (C=S) groups is 1. The van der Waals surface area contributed by atoms with Crippen molar-refractivity contribution in [3.63, 3.8) is 0 Å². The molecule has 9 rings (SSSR count). The van der Waals surface area contributed by atoms with Gasteiger partial charge in [-0.25, -0.2) is 14.6 Å². The summed E-state index contributed by atoms with van der Waals surface area (Å²) in [6.07, 6.45) is 5.67. The summed E-state index contributed by atoms with van der Waals surface area (Å²) < 4.78 is 1.66. The van der Waals surface area contributed by atoms with Crippen LogP contribution in [0.4, 0.5) is 55.8 Å². The van der Waals surface area contributed by atoms with Gasteiger partial charge >= 0.3 is 0 Å². The highest BCUT2D eigenvalue weighted by Crippen LogP contribution is 2.33. The van der Waals surface area contributed by atoms with Gasteiger partial charge in [-0.15, -0.1) is 34.2 Å². The number of carbonyl (C=O) groups excluding carboxylic acids is 1. The Morgan fingerprint density at radius 2 is 1.02 bits per heavy atom. The van der Waals surface area contributed by atoms with Crippen molar-refractivity contribution in [1.29, 1.82) is 0 Å². The molecule has 0 aliphatic carbocycles. The maximum Gasteiger partial charge on any atom is 0.187 e. The molecule has 25 heteroatoms. The molecule has 0 bridgehead atoms. The SMILES string of the molecule is C#CC(C)O.CCC(=O)c1ccc(N=[N+]=[N-])cc1.CCN(CC)c1ccc(NC(N)=S)c(C)c1.CCN(CC)c1ccc(Nc2nc(-c3ccc(-n4cc(C(C)O)nn4)cc3)cs2)c(C)c1.CCN(CC)c1ccc(Nc2nc(-c3ccc(N=[N+]=[N-])cc3)cs2)c(C)c1.CCO. The average molecular weight is 1360 g/mol. The lowest BCUT2D eigenvalue weighted by atomic mass is 10.1. The lowest BCUT2D eigenvalue weighted by Gasteiger charge is -2.22. The number of anilines is 8. The van der Waals surface area contributed by atoms with E-state index < -0.39 is 12.2 Å². The average Bonchev–Trinajstić information content (AvgIpc) is 1.70. The van der Waals surface area contributed by atoms with Crippen LogP contribution < -0.4 is 36.4 Å². The number of hydrogen-bond acceptors (Lipinski definition) is 18. The second-order valence-electron chi connectivity index (χ2n) is 21.0. The van der Waals surface area contributed by atoms with Gasteiger partial charge in [0, 0.05) is 135 Å². The van der Waals surface area contributed by atoms with Gasteiger partial charge in [0.25, 0.3) is 0 Å². The number of aliphatic hydroxyl groups excluding tert-OH is 3. The third-order valence-corrected chi connectivity index (χ3v) is 16.0. The van der Waals surface area contributed by atoms with Crippen LogP contribution in [0.2, 0.25) is 0 Å². The summed E-state index contributed by atoms with van der Waals surface area (Å²) in [5.74, 6) is 2.17. The summed E-state index contributed by atoms with van der Waals surface area (Å²) >= 11 is 7.98. The predicted molar refractivity (Wildman–Crippen MR) is 404 cm³/mol. The standard InChI is InChI=1S/C24H28N6OS.C20H22N6S.C12H19N3S.C9H9N3O.C4H6O.C2H6O/c1-5-29(6-2)20-11-12-21(16(3)13-20)25-24-26-23(15-32-24)18-7-9-19(10-8-18)30-14-22(17(4)31)27-28-30;1-4-26(5-2)17-10-11-18(14(3)12-17)22-20-23-19(13-27-20)15-6-8-16(9-7-15)24-25-21;1-4-15(5-2)10-6-7-11(9(3)8-10)14-12(13)16;1-2-9(13)7-3-5-8(6-4-7)11-12-10;1-3-4(2)5;1-2-3/h7-15,17,31H,5-6H2,1-4H3,(H,25,26);6-13H,4-5H2,1-3H3,(H,22,23);6-8H,4-5H2,1-3H3,(H3,13,14,16);3-6H,2H2,1H3;1,4-5H,2H3;3H,2H2,1H3. The quantitative estimate of drug-likeness (QED) is 0.00828. The number of aromatic nitrogens is 5. The van der Waals surface area contributed by atoms with Crippen molar-refractivity contribution < 1.29 is 20.1 Å². The zero-order chi connectivity index (χ0) is 70.7. The van der Waals surface area contributed by atoms with Crippen LogP contribution in [0.1, 0.15) is 115 Å². The van der Waals surface area contributed by atoms with Gasteiger partial charge in [0.15, 0.2) is 21.2 Å². The summed E-state index contributed by atoms with van der Waals surface area (Å²) in [7, 11) is 0. The smallest absolute Gasteiger partial charge is 0.187 e. The second-order valence-corrected chi connectivity index (χ2v) is 23.2. The molecule has 96 heavy (non-hydrogen) atoms. The summed E-state index contributed by atoms with van der Waals surface area (Å²) in [4.78, 5) is 33.0. The summed E-state index contributed by atoms with van der Waals surface area (Å²) in [6.45, 7) is 32.2. The third-order valence-electron chi connectivity index (χ3n) is 14.4. The van der Waals surface area contributed by atoms with E-state index in [0.717, 1.165) is 100 Å². The fourth-order valence-electron chi connectivity index (χ4n) is 9.11. The minimum Gasteiger partial charge on any atom is -0.397 e. The first-order chi connectivity index (χ1) is 46.2. The van der Waals surface area contributed by atoms with Gasteiger partial charge in [-0.3, -0.25) is 4.79 Å². The first kappa shape index (κ1) is 78.6. The number of aliphatic hydroxyl groups is 3. The van der Waals surface area contributed by atoms with E-state index in [9.17, 15) is 9.90 Å². The molecule has 3 heterocycles. The molecule has 0 radical (unpaired) electrons. The molecule has 0 fully saturated rings. The van der Waals surface area contributed by atoms with Crippen LogP contribution >= 0.6 is 34.9 Å².